The Bertz CT molecular complexity index is 422. The maximum Gasteiger partial charge on any atom is 0.310 e. The van der Waals surface area contributed by atoms with E-state index in [1.165, 1.54) is 0 Å². The van der Waals surface area contributed by atoms with Crippen molar-refractivity contribution in [1.82, 2.24) is 0 Å². The van der Waals surface area contributed by atoms with Crippen LogP contribution < -0.4 is 4.74 Å². The summed E-state index contributed by atoms with van der Waals surface area (Å²) in [6.07, 6.45) is 0.323. The van der Waals surface area contributed by atoms with Gasteiger partial charge in [-0.1, -0.05) is 19.9 Å². The number of benzene rings is 1. The van der Waals surface area contributed by atoms with E-state index in [2.05, 4.69) is 19.9 Å². The van der Waals surface area contributed by atoms with Gasteiger partial charge in [-0.3, -0.25) is 4.79 Å². The highest BCUT2D eigenvalue weighted by molar-refractivity contribution is 5.73. The van der Waals surface area contributed by atoms with E-state index in [-0.39, 0.29) is 5.97 Å². The molecule has 0 atom stereocenters. The molecule has 1 aromatic carbocycles. The van der Waals surface area contributed by atoms with Gasteiger partial charge in [0.15, 0.2) is 0 Å². The number of rotatable bonds is 5. The largest absolute Gasteiger partial charge is 0.496 e. The maximum atomic E-state index is 11.5. The molecule has 3 heteroatoms. The Morgan fingerprint density at radius 2 is 2.00 bits per heavy atom. The molecule has 0 saturated heterocycles. The van der Waals surface area contributed by atoms with Crippen molar-refractivity contribution < 1.29 is 14.3 Å². The van der Waals surface area contributed by atoms with Crippen LogP contribution >= 0.6 is 0 Å². The standard InChI is InChI=1S/C15H22O3/c1-6-18-15(16)9-12-8-13(10(2)3)14(17-5)7-11(12)4/h7-8,10H,6,9H2,1-5H3. The van der Waals surface area contributed by atoms with Crippen molar-refractivity contribution in [3.8, 4) is 5.75 Å². The smallest absolute Gasteiger partial charge is 0.310 e. The van der Waals surface area contributed by atoms with Crippen molar-refractivity contribution in [2.75, 3.05) is 13.7 Å². The van der Waals surface area contributed by atoms with E-state index in [9.17, 15) is 4.79 Å². The molecule has 0 saturated carbocycles. The second-order valence-corrected chi connectivity index (χ2v) is 4.66. The van der Waals surface area contributed by atoms with Crippen molar-refractivity contribution in [2.24, 2.45) is 0 Å². The van der Waals surface area contributed by atoms with Gasteiger partial charge in [0.2, 0.25) is 0 Å². The highest BCUT2D eigenvalue weighted by Crippen LogP contribution is 2.29. The molecule has 0 aromatic heterocycles. The first-order chi connectivity index (χ1) is 8.49. The molecular weight excluding hydrogens is 228 g/mol. The molecule has 18 heavy (non-hydrogen) atoms. The molecule has 0 fully saturated rings. The summed E-state index contributed by atoms with van der Waals surface area (Å²) in [4.78, 5) is 11.5. The molecule has 0 radical (unpaired) electrons. The Labute approximate surface area is 109 Å². The molecule has 100 valence electrons. The molecule has 0 spiro atoms. The van der Waals surface area contributed by atoms with Crippen molar-refractivity contribution in [2.45, 2.75) is 40.0 Å². The van der Waals surface area contributed by atoms with Gasteiger partial charge in [0.05, 0.1) is 20.1 Å². The van der Waals surface area contributed by atoms with Gasteiger partial charge in [-0.15, -0.1) is 0 Å². The average molecular weight is 250 g/mol. The van der Waals surface area contributed by atoms with Crippen molar-refractivity contribution in [3.05, 3.63) is 28.8 Å². The number of hydrogen-bond donors (Lipinski definition) is 0. The predicted molar refractivity (Wildman–Crippen MR) is 72.2 cm³/mol. The number of esters is 1. The van der Waals surface area contributed by atoms with Crippen LogP contribution in [-0.2, 0) is 16.0 Å². The average Bonchev–Trinajstić information content (AvgIpc) is 2.31. The quantitative estimate of drug-likeness (QED) is 0.753. The number of hydrogen-bond acceptors (Lipinski definition) is 3. The van der Waals surface area contributed by atoms with E-state index in [1.54, 1.807) is 7.11 Å². The van der Waals surface area contributed by atoms with Crippen LogP contribution in [0.2, 0.25) is 0 Å². The molecule has 0 N–H and O–H groups in total. The normalized spacial score (nSPS) is 10.6. The van der Waals surface area contributed by atoms with Crippen LogP contribution in [0.15, 0.2) is 12.1 Å². The van der Waals surface area contributed by atoms with Gasteiger partial charge in [-0.2, -0.15) is 0 Å². The van der Waals surface area contributed by atoms with Gasteiger partial charge in [-0.05, 0) is 42.5 Å². The highest BCUT2D eigenvalue weighted by atomic mass is 16.5. The number of carbonyl (C=O) groups excluding carboxylic acids is 1. The van der Waals surface area contributed by atoms with E-state index in [4.69, 9.17) is 9.47 Å². The topological polar surface area (TPSA) is 35.5 Å². The highest BCUT2D eigenvalue weighted by Gasteiger charge is 2.13. The Balaban J connectivity index is 3.05. The third kappa shape index (κ3) is 3.49. The Morgan fingerprint density at radius 3 is 2.50 bits per heavy atom. The summed E-state index contributed by atoms with van der Waals surface area (Å²) in [6, 6.07) is 4.04. The number of ether oxygens (including phenoxy) is 2. The molecular formula is C15H22O3. The number of carbonyl (C=O) groups is 1. The SMILES string of the molecule is CCOC(=O)Cc1cc(C(C)C)c(OC)cc1C. The second-order valence-electron chi connectivity index (χ2n) is 4.66. The van der Waals surface area contributed by atoms with Gasteiger partial charge in [0.25, 0.3) is 0 Å². The summed E-state index contributed by atoms with van der Waals surface area (Å²) in [5.41, 5.74) is 3.20. The van der Waals surface area contributed by atoms with Crippen molar-refractivity contribution in [1.29, 1.82) is 0 Å². The van der Waals surface area contributed by atoms with Crippen LogP contribution in [0, 0.1) is 6.92 Å². The maximum absolute atomic E-state index is 11.5. The van der Waals surface area contributed by atoms with E-state index < -0.39 is 0 Å². The van der Waals surface area contributed by atoms with Gasteiger partial charge >= 0.3 is 5.97 Å². The molecule has 0 aliphatic rings. The zero-order valence-electron chi connectivity index (χ0n) is 11.9. The zero-order valence-corrected chi connectivity index (χ0v) is 11.9. The first kappa shape index (κ1) is 14.6. The molecule has 0 aliphatic carbocycles. The molecule has 0 bridgehead atoms. The van der Waals surface area contributed by atoms with Crippen molar-refractivity contribution in [3.63, 3.8) is 0 Å². The molecule has 1 rings (SSSR count). The second kappa shape index (κ2) is 6.43. The minimum Gasteiger partial charge on any atom is -0.496 e. The van der Waals surface area contributed by atoms with Gasteiger partial charge in [0.1, 0.15) is 5.75 Å². The van der Waals surface area contributed by atoms with Gasteiger partial charge in [0, 0.05) is 0 Å². The molecule has 0 aliphatic heterocycles. The van der Waals surface area contributed by atoms with Gasteiger partial charge in [-0.25, -0.2) is 0 Å². The van der Waals surface area contributed by atoms with Crippen LogP contribution in [0.4, 0.5) is 0 Å². The summed E-state index contributed by atoms with van der Waals surface area (Å²) in [5.74, 6) is 1.07. The van der Waals surface area contributed by atoms with Crippen LogP contribution in [0.25, 0.3) is 0 Å². The van der Waals surface area contributed by atoms with Crippen molar-refractivity contribution >= 4 is 5.97 Å². The van der Waals surface area contributed by atoms with Crippen LogP contribution in [-0.4, -0.2) is 19.7 Å². The summed E-state index contributed by atoms with van der Waals surface area (Å²) >= 11 is 0. The van der Waals surface area contributed by atoms with Crippen LogP contribution in [0.5, 0.6) is 5.75 Å². The summed E-state index contributed by atoms with van der Waals surface area (Å²) < 4.78 is 10.4. The molecule has 3 nitrogen and oxygen atoms in total. The summed E-state index contributed by atoms with van der Waals surface area (Å²) in [5, 5.41) is 0. The molecule has 0 heterocycles. The number of aryl methyl sites for hydroxylation is 1. The lowest BCUT2D eigenvalue weighted by molar-refractivity contribution is -0.142. The fraction of sp³-hybridized carbons (Fsp3) is 0.533. The molecule has 0 amide bonds. The Morgan fingerprint density at radius 1 is 1.33 bits per heavy atom. The lowest BCUT2D eigenvalue weighted by Gasteiger charge is -2.15. The van der Waals surface area contributed by atoms with Crippen LogP contribution in [0.1, 0.15) is 43.4 Å². The summed E-state index contributed by atoms with van der Waals surface area (Å²) in [6.45, 7) is 8.45. The third-order valence-corrected chi connectivity index (χ3v) is 2.95. The lowest BCUT2D eigenvalue weighted by atomic mass is 9.95. The van der Waals surface area contributed by atoms with Crippen LogP contribution in [0.3, 0.4) is 0 Å². The monoisotopic (exact) mass is 250 g/mol. The lowest BCUT2D eigenvalue weighted by Crippen LogP contribution is -2.09. The number of methoxy groups -OCH3 is 1. The molecule has 0 unspecified atom stereocenters. The van der Waals surface area contributed by atoms with E-state index in [1.807, 2.05) is 19.9 Å². The van der Waals surface area contributed by atoms with E-state index in [0.717, 1.165) is 22.4 Å². The van der Waals surface area contributed by atoms with Gasteiger partial charge < -0.3 is 9.47 Å². The Kier molecular flexibility index (Phi) is 5.20. The van der Waals surface area contributed by atoms with E-state index in [0.29, 0.717) is 18.9 Å². The predicted octanol–water partition coefficient (Wildman–Crippen LogP) is 3.23. The first-order valence-electron chi connectivity index (χ1n) is 6.32. The minimum atomic E-state index is -0.180. The third-order valence-electron chi connectivity index (χ3n) is 2.95. The summed E-state index contributed by atoms with van der Waals surface area (Å²) in [7, 11) is 1.67. The fourth-order valence-electron chi connectivity index (χ4n) is 1.93. The molecule has 1 aromatic rings. The fourth-order valence-corrected chi connectivity index (χ4v) is 1.93. The van der Waals surface area contributed by atoms with E-state index >= 15 is 0 Å². The zero-order chi connectivity index (χ0) is 13.7. The first-order valence-corrected chi connectivity index (χ1v) is 6.32. The Hall–Kier alpha value is -1.51. The minimum absolute atomic E-state index is 0.180.